The molecule has 3 aromatic rings. The third kappa shape index (κ3) is 5.44. The number of halogens is 2. The molecule has 28 heavy (non-hydrogen) atoms. The molecule has 1 aromatic carbocycles. The lowest BCUT2D eigenvalue weighted by atomic mass is 10.3. The predicted molar refractivity (Wildman–Crippen MR) is 106 cm³/mol. The first-order valence-electron chi connectivity index (χ1n) is 8.20. The molecule has 9 nitrogen and oxygen atoms in total. The summed E-state index contributed by atoms with van der Waals surface area (Å²) in [6.45, 7) is 0.776. The Morgan fingerprint density at radius 1 is 1.18 bits per heavy atom. The van der Waals surface area contributed by atoms with Crippen molar-refractivity contribution in [3.63, 3.8) is 0 Å². The van der Waals surface area contributed by atoms with E-state index in [1.807, 2.05) is 0 Å². The van der Waals surface area contributed by atoms with E-state index in [2.05, 4.69) is 35.3 Å². The van der Waals surface area contributed by atoms with Crippen LogP contribution >= 0.6 is 11.6 Å². The van der Waals surface area contributed by atoms with E-state index >= 15 is 0 Å². The summed E-state index contributed by atoms with van der Waals surface area (Å²) in [5.41, 5.74) is 1.54. The third-order valence-corrected chi connectivity index (χ3v) is 4.58. The molecule has 0 saturated heterocycles. The highest BCUT2D eigenvalue weighted by atomic mass is 35.5. The molecule has 12 heteroatoms. The van der Waals surface area contributed by atoms with E-state index in [1.165, 1.54) is 24.5 Å². The van der Waals surface area contributed by atoms with E-state index in [0.717, 1.165) is 6.26 Å². The van der Waals surface area contributed by atoms with E-state index < -0.39 is 15.8 Å². The van der Waals surface area contributed by atoms with Crippen molar-refractivity contribution in [2.45, 2.75) is 6.42 Å². The van der Waals surface area contributed by atoms with Crippen LogP contribution in [-0.4, -0.2) is 47.7 Å². The van der Waals surface area contributed by atoms with Crippen LogP contribution in [0.3, 0.4) is 0 Å². The maximum Gasteiger partial charge on any atom is 0.223 e. The first-order chi connectivity index (χ1) is 13.3. The summed E-state index contributed by atoms with van der Waals surface area (Å²) in [6, 6.07) is 4.23. The maximum absolute atomic E-state index is 13.3. The number of nitrogens with one attached hydrogen (secondary N) is 3. The minimum absolute atomic E-state index is 0.0111. The van der Waals surface area contributed by atoms with Crippen LogP contribution < -0.4 is 15.4 Å². The molecule has 2 aromatic heterocycles. The van der Waals surface area contributed by atoms with E-state index in [9.17, 15) is 12.8 Å². The van der Waals surface area contributed by atoms with E-state index in [-0.39, 0.29) is 5.02 Å². The standard InChI is InChI=1S/C16H17ClFN7O2S/c1-28(26,27)23-6-2-5-19-16-20-8-13-14(25-16)15(22-9-21-13)24-10-3-4-12(18)11(17)7-10/h3-4,7-9,23H,2,5-6H2,1H3,(H,19,20,25)(H,21,22,24). The molecule has 3 N–H and O–H groups in total. The average Bonchev–Trinajstić information content (AvgIpc) is 2.64. The first kappa shape index (κ1) is 20.1. The van der Waals surface area contributed by atoms with Crippen LogP contribution in [0.5, 0.6) is 0 Å². The molecule has 0 atom stereocenters. The van der Waals surface area contributed by atoms with Crippen LogP contribution in [0.15, 0.2) is 30.7 Å². The summed E-state index contributed by atoms with van der Waals surface area (Å²) >= 11 is 5.81. The summed E-state index contributed by atoms with van der Waals surface area (Å²) in [5.74, 6) is 0.248. The molecular formula is C16H17ClFN7O2S. The maximum atomic E-state index is 13.3. The number of sulfonamides is 1. The second kappa shape index (κ2) is 8.59. The van der Waals surface area contributed by atoms with Crippen LogP contribution in [0.2, 0.25) is 5.02 Å². The SMILES string of the molecule is CS(=O)(=O)NCCCNc1ncc2ncnc(Nc3ccc(F)c(Cl)c3)c2n1. The number of benzene rings is 1. The lowest BCUT2D eigenvalue weighted by Crippen LogP contribution is -2.24. The van der Waals surface area contributed by atoms with Crippen LogP contribution in [0.25, 0.3) is 11.0 Å². The van der Waals surface area contributed by atoms with Crippen molar-refractivity contribution in [2.75, 3.05) is 30.0 Å². The number of aromatic nitrogens is 4. The van der Waals surface area contributed by atoms with Gasteiger partial charge >= 0.3 is 0 Å². The normalized spacial score (nSPS) is 11.5. The van der Waals surface area contributed by atoms with Crippen molar-refractivity contribution < 1.29 is 12.8 Å². The lowest BCUT2D eigenvalue weighted by molar-refractivity contribution is 0.586. The highest BCUT2D eigenvalue weighted by Crippen LogP contribution is 2.25. The number of rotatable bonds is 8. The Hall–Kier alpha value is -2.63. The van der Waals surface area contributed by atoms with Gasteiger partial charge in [-0.25, -0.2) is 37.5 Å². The molecule has 148 valence electrons. The summed E-state index contributed by atoms with van der Waals surface area (Å²) in [5, 5.41) is 6.05. The zero-order chi connectivity index (χ0) is 20.1. The monoisotopic (exact) mass is 425 g/mol. The Bertz CT molecular complexity index is 1100. The highest BCUT2D eigenvalue weighted by molar-refractivity contribution is 7.88. The Morgan fingerprint density at radius 2 is 2.00 bits per heavy atom. The minimum Gasteiger partial charge on any atom is -0.354 e. The van der Waals surface area contributed by atoms with Gasteiger partial charge in [-0.2, -0.15) is 0 Å². The molecule has 3 rings (SSSR count). The molecule has 0 saturated carbocycles. The smallest absolute Gasteiger partial charge is 0.223 e. The Kier molecular flexibility index (Phi) is 6.17. The lowest BCUT2D eigenvalue weighted by Gasteiger charge is -2.10. The van der Waals surface area contributed by atoms with Gasteiger partial charge in [-0.3, -0.25) is 0 Å². The van der Waals surface area contributed by atoms with Gasteiger partial charge in [0.25, 0.3) is 0 Å². The predicted octanol–water partition coefficient (Wildman–Crippen LogP) is 2.31. The average molecular weight is 426 g/mol. The van der Waals surface area contributed by atoms with E-state index in [4.69, 9.17) is 11.6 Å². The van der Waals surface area contributed by atoms with Gasteiger partial charge in [0.1, 0.15) is 23.2 Å². The summed E-state index contributed by atoms with van der Waals surface area (Å²) in [4.78, 5) is 16.9. The molecule has 0 aliphatic heterocycles. The third-order valence-electron chi connectivity index (χ3n) is 3.56. The second-order valence-electron chi connectivity index (χ2n) is 5.85. The minimum atomic E-state index is -3.21. The van der Waals surface area contributed by atoms with Crippen molar-refractivity contribution in [3.05, 3.63) is 41.6 Å². The molecule has 0 unspecified atom stereocenters. The van der Waals surface area contributed by atoms with Crippen LogP contribution in [0, 0.1) is 5.82 Å². The molecule has 0 bridgehead atoms. The zero-order valence-corrected chi connectivity index (χ0v) is 16.4. The number of anilines is 3. The Labute approximate surface area is 165 Å². The summed E-state index contributed by atoms with van der Waals surface area (Å²) in [7, 11) is -3.21. The summed E-state index contributed by atoms with van der Waals surface area (Å²) < 4.78 is 37.8. The molecule has 0 fully saturated rings. The fourth-order valence-electron chi connectivity index (χ4n) is 2.29. The van der Waals surface area contributed by atoms with Crippen molar-refractivity contribution in [1.82, 2.24) is 24.7 Å². The van der Waals surface area contributed by atoms with Gasteiger partial charge in [-0.15, -0.1) is 0 Å². The molecule has 0 radical (unpaired) electrons. The largest absolute Gasteiger partial charge is 0.354 e. The topological polar surface area (TPSA) is 122 Å². The number of hydrogen-bond donors (Lipinski definition) is 3. The zero-order valence-electron chi connectivity index (χ0n) is 14.8. The molecule has 0 amide bonds. The number of nitrogens with zero attached hydrogens (tertiary/aromatic N) is 4. The second-order valence-corrected chi connectivity index (χ2v) is 8.09. The van der Waals surface area contributed by atoms with Crippen LogP contribution in [0.4, 0.5) is 21.8 Å². The molecule has 0 aliphatic rings. The van der Waals surface area contributed by atoms with Crippen LogP contribution in [-0.2, 0) is 10.0 Å². The first-order valence-corrected chi connectivity index (χ1v) is 10.5. The quantitative estimate of drug-likeness (QED) is 0.470. The van der Waals surface area contributed by atoms with E-state index in [1.54, 1.807) is 6.20 Å². The van der Waals surface area contributed by atoms with Crippen molar-refractivity contribution in [1.29, 1.82) is 0 Å². The molecular weight excluding hydrogens is 409 g/mol. The van der Waals surface area contributed by atoms with Gasteiger partial charge < -0.3 is 10.6 Å². The van der Waals surface area contributed by atoms with Crippen molar-refractivity contribution in [2.24, 2.45) is 0 Å². The van der Waals surface area contributed by atoms with Gasteiger partial charge in [0.05, 0.1) is 17.5 Å². The molecule has 0 aliphatic carbocycles. The van der Waals surface area contributed by atoms with Crippen molar-refractivity contribution >= 4 is 50.1 Å². The van der Waals surface area contributed by atoms with Gasteiger partial charge in [0, 0.05) is 18.8 Å². The summed E-state index contributed by atoms with van der Waals surface area (Å²) in [6.07, 6.45) is 4.57. The number of fused-ring (bicyclic) bond motifs is 1. The fraction of sp³-hybridized carbons (Fsp3) is 0.250. The van der Waals surface area contributed by atoms with Gasteiger partial charge in [0.15, 0.2) is 5.82 Å². The van der Waals surface area contributed by atoms with Gasteiger partial charge in [0.2, 0.25) is 16.0 Å². The fourth-order valence-corrected chi connectivity index (χ4v) is 2.98. The Morgan fingerprint density at radius 3 is 2.75 bits per heavy atom. The van der Waals surface area contributed by atoms with Gasteiger partial charge in [-0.05, 0) is 24.6 Å². The molecule has 2 heterocycles. The van der Waals surface area contributed by atoms with Gasteiger partial charge in [-0.1, -0.05) is 11.6 Å². The van der Waals surface area contributed by atoms with E-state index in [0.29, 0.717) is 48.0 Å². The Balaban J connectivity index is 1.73. The van der Waals surface area contributed by atoms with Crippen molar-refractivity contribution in [3.8, 4) is 0 Å². The molecule has 0 spiro atoms. The van der Waals surface area contributed by atoms with Crippen LogP contribution in [0.1, 0.15) is 6.42 Å². The number of hydrogen-bond acceptors (Lipinski definition) is 8. The highest BCUT2D eigenvalue weighted by Gasteiger charge is 2.09.